The molecule has 0 spiro atoms. The SMILES string of the molecule is CCC1C=C(NC2CC2)c2cc(Cl)c(OCCCOC)cc2O1. The third kappa shape index (κ3) is 4.12. The Labute approximate surface area is 142 Å². The average molecular weight is 338 g/mol. The summed E-state index contributed by atoms with van der Waals surface area (Å²) in [5.74, 6) is 1.51. The lowest BCUT2D eigenvalue weighted by Crippen LogP contribution is -2.24. The highest BCUT2D eigenvalue weighted by Gasteiger charge is 2.27. The second-order valence-electron chi connectivity index (χ2n) is 6.04. The van der Waals surface area contributed by atoms with Crippen LogP contribution in [0.4, 0.5) is 0 Å². The van der Waals surface area contributed by atoms with Gasteiger partial charge in [0.1, 0.15) is 17.6 Å². The zero-order valence-corrected chi connectivity index (χ0v) is 14.5. The maximum atomic E-state index is 6.39. The topological polar surface area (TPSA) is 39.7 Å². The number of ether oxygens (including phenoxy) is 3. The number of halogens is 1. The summed E-state index contributed by atoms with van der Waals surface area (Å²) in [4.78, 5) is 0. The van der Waals surface area contributed by atoms with Crippen LogP contribution in [0.1, 0.15) is 38.2 Å². The van der Waals surface area contributed by atoms with Crippen molar-refractivity contribution in [3.63, 3.8) is 0 Å². The predicted octanol–water partition coefficient (Wildman–Crippen LogP) is 4.02. The van der Waals surface area contributed by atoms with E-state index in [-0.39, 0.29) is 6.10 Å². The van der Waals surface area contributed by atoms with Crippen molar-refractivity contribution in [1.82, 2.24) is 5.32 Å². The van der Waals surface area contributed by atoms with E-state index < -0.39 is 0 Å². The molecule has 1 fully saturated rings. The van der Waals surface area contributed by atoms with Gasteiger partial charge >= 0.3 is 0 Å². The second-order valence-corrected chi connectivity index (χ2v) is 6.44. The molecule has 1 atom stereocenters. The van der Waals surface area contributed by atoms with E-state index >= 15 is 0 Å². The summed E-state index contributed by atoms with van der Waals surface area (Å²) in [5.41, 5.74) is 2.16. The lowest BCUT2D eigenvalue weighted by molar-refractivity contribution is 0.172. The van der Waals surface area contributed by atoms with Gasteiger partial charge in [-0.25, -0.2) is 0 Å². The fourth-order valence-electron chi connectivity index (χ4n) is 2.59. The van der Waals surface area contributed by atoms with E-state index in [1.165, 1.54) is 12.8 Å². The molecule has 4 nitrogen and oxygen atoms in total. The highest BCUT2D eigenvalue weighted by Crippen LogP contribution is 2.40. The van der Waals surface area contributed by atoms with Crippen molar-refractivity contribution in [2.45, 2.75) is 44.8 Å². The quantitative estimate of drug-likeness (QED) is 0.727. The molecule has 0 amide bonds. The molecule has 1 unspecified atom stereocenters. The van der Waals surface area contributed by atoms with E-state index in [0.717, 1.165) is 29.9 Å². The summed E-state index contributed by atoms with van der Waals surface area (Å²) in [7, 11) is 1.69. The van der Waals surface area contributed by atoms with Gasteiger partial charge in [0, 0.05) is 43.5 Å². The van der Waals surface area contributed by atoms with Gasteiger partial charge in [-0.3, -0.25) is 0 Å². The molecule has 1 aromatic rings. The van der Waals surface area contributed by atoms with Crippen LogP contribution < -0.4 is 14.8 Å². The van der Waals surface area contributed by atoms with Gasteiger partial charge in [0.2, 0.25) is 0 Å². The van der Waals surface area contributed by atoms with Gasteiger partial charge in [-0.1, -0.05) is 18.5 Å². The lowest BCUT2D eigenvalue weighted by Gasteiger charge is -2.26. The summed E-state index contributed by atoms with van der Waals surface area (Å²) in [6.45, 7) is 3.38. The van der Waals surface area contributed by atoms with Crippen LogP contribution in [0.15, 0.2) is 18.2 Å². The van der Waals surface area contributed by atoms with Crippen molar-refractivity contribution in [2.75, 3.05) is 20.3 Å². The molecular weight excluding hydrogens is 314 g/mol. The highest BCUT2D eigenvalue weighted by atomic mass is 35.5. The van der Waals surface area contributed by atoms with Crippen molar-refractivity contribution in [3.8, 4) is 11.5 Å². The van der Waals surface area contributed by atoms with Crippen LogP contribution in [-0.2, 0) is 4.74 Å². The van der Waals surface area contributed by atoms with Crippen LogP contribution in [0.5, 0.6) is 11.5 Å². The van der Waals surface area contributed by atoms with E-state index in [2.05, 4.69) is 18.3 Å². The lowest BCUT2D eigenvalue weighted by atomic mass is 10.0. The third-order valence-corrected chi connectivity index (χ3v) is 4.34. The molecule has 1 saturated carbocycles. The first kappa shape index (κ1) is 16.5. The van der Waals surface area contributed by atoms with Crippen molar-refractivity contribution in [3.05, 3.63) is 28.8 Å². The number of nitrogens with one attached hydrogen (secondary N) is 1. The van der Waals surface area contributed by atoms with Crippen LogP contribution in [-0.4, -0.2) is 32.5 Å². The van der Waals surface area contributed by atoms with E-state index in [0.29, 0.717) is 30.0 Å². The fraction of sp³-hybridized carbons (Fsp3) is 0.556. The summed E-state index contributed by atoms with van der Waals surface area (Å²) in [6, 6.07) is 4.44. The molecule has 1 N–H and O–H groups in total. The number of fused-ring (bicyclic) bond motifs is 1. The average Bonchev–Trinajstić information content (AvgIpc) is 3.36. The third-order valence-electron chi connectivity index (χ3n) is 4.04. The Kier molecular flexibility index (Phi) is 5.34. The van der Waals surface area contributed by atoms with Crippen molar-refractivity contribution < 1.29 is 14.2 Å². The minimum Gasteiger partial charge on any atom is -0.492 e. The van der Waals surface area contributed by atoms with Crippen LogP contribution >= 0.6 is 11.6 Å². The van der Waals surface area contributed by atoms with Gasteiger partial charge < -0.3 is 19.5 Å². The zero-order chi connectivity index (χ0) is 16.2. The van der Waals surface area contributed by atoms with Gasteiger partial charge in [0.15, 0.2) is 0 Å². The maximum absolute atomic E-state index is 6.39. The second kappa shape index (κ2) is 7.45. The standard InChI is InChI=1S/C18H24ClNO3/c1-3-13-9-16(20-12-5-6-12)14-10-15(19)18(11-17(14)23-13)22-8-4-7-21-2/h9-13,20H,3-8H2,1-2H3. The maximum Gasteiger partial charge on any atom is 0.141 e. The first-order chi connectivity index (χ1) is 11.2. The minimum atomic E-state index is 0.0891. The molecule has 5 heteroatoms. The van der Waals surface area contributed by atoms with Crippen LogP contribution in [0, 0.1) is 0 Å². The fourth-order valence-corrected chi connectivity index (χ4v) is 2.80. The molecule has 3 rings (SSSR count). The van der Waals surface area contributed by atoms with Crippen LogP contribution in [0.3, 0.4) is 0 Å². The van der Waals surface area contributed by atoms with E-state index in [1.807, 2.05) is 12.1 Å². The largest absolute Gasteiger partial charge is 0.492 e. The Morgan fingerprint density at radius 2 is 2.13 bits per heavy atom. The van der Waals surface area contributed by atoms with Crippen LogP contribution in [0.25, 0.3) is 5.70 Å². The summed E-state index contributed by atoms with van der Waals surface area (Å²) >= 11 is 6.39. The molecule has 1 aliphatic carbocycles. The summed E-state index contributed by atoms with van der Waals surface area (Å²) < 4.78 is 16.9. The number of benzene rings is 1. The van der Waals surface area contributed by atoms with Crippen molar-refractivity contribution in [1.29, 1.82) is 0 Å². The normalized spacial score (nSPS) is 19.6. The molecule has 0 bridgehead atoms. The molecule has 1 heterocycles. The Morgan fingerprint density at radius 1 is 1.30 bits per heavy atom. The Bertz CT molecular complexity index is 584. The molecule has 0 saturated heterocycles. The Morgan fingerprint density at radius 3 is 2.83 bits per heavy atom. The molecule has 0 radical (unpaired) electrons. The van der Waals surface area contributed by atoms with Gasteiger partial charge in [-0.15, -0.1) is 0 Å². The molecule has 23 heavy (non-hydrogen) atoms. The zero-order valence-electron chi connectivity index (χ0n) is 13.7. The molecule has 126 valence electrons. The van der Waals surface area contributed by atoms with Crippen LogP contribution in [0.2, 0.25) is 5.02 Å². The summed E-state index contributed by atoms with van der Waals surface area (Å²) in [6.07, 6.45) is 6.48. The molecular formula is C18H24ClNO3. The number of hydrogen-bond donors (Lipinski definition) is 1. The van der Waals surface area contributed by atoms with Crippen molar-refractivity contribution in [2.24, 2.45) is 0 Å². The van der Waals surface area contributed by atoms with E-state index in [4.69, 9.17) is 25.8 Å². The van der Waals surface area contributed by atoms with Gasteiger partial charge in [0.05, 0.1) is 11.6 Å². The minimum absolute atomic E-state index is 0.0891. The molecule has 1 aromatic carbocycles. The first-order valence-corrected chi connectivity index (χ1v) is 8.69. The molecule has 1 aliphatic heterocycles. The highest BCUT2D eigenvalue weighted by molar-refractivity contribution is 6.32. The van der Waals surface area contributed by atoms with Gasteiger partial charge in [-0.05, 0) is 31.4 Å². The molecule has 2 aliphatic rings. The first-order valence-electron chi connectivity index (χ1n) is 8.32. The smallest absolute Gasteiger partial charge is 0.141 e. The van der Waals surface area contributed by atoms with E-state index in [1.54, 1.807) is 7.11 Å². The Balaban J connectivity index is 1.79. The number of hydrogen-bond acceptors (Lipinski definition) is 4. The monoisotopic (exact) mass is 337 g/mol. The van der Waals surface area contributed by atoms with Gasteiger partial charge in [-0.2, -0.15) is 0 Å². The van der Waals surface area contributed by atoms with E-state index in [9.17, 15) is 0 Å². The predicted molar refractivity (Wildman–Crippen MR) is 92.3 cm³/mol. The van der Waals surface area contributed by atoms with Crippen molar-refractivity contribution >= 4 is 17.3 Å². The number of rotatable bonds is 8. The Hall–Kier alpha value is -1.39. The van der Waals surface area contributed by atoms with Gasteiger partial charge in [0.25, 0.3) is 0 Å². The summed E-state index contributed by atoms with van der Waals surface area (Å²) in [5, 5.41) is 4.20. The number of methoxy groups -OCH3 is 1. The molecule has 0 aromatic heterocycles.